The van der Waals surface area contributed by atoms with E-state index in [9.17, 15) is 4.79 Å². The second-order valence-corrected chi connectivity index (χ2v) is 9.21. The summed E-state index contributed by atoms with van der Waals surface area (Å²) in [5.41, 5.74) is 5.33. The molecule has 0 spiro atoms. The third-order valence-corrected chi connectivity index (χ3v) is 7.03. The molecule has 0 fully saturated rings. The van der Waals surface area contributed by atoms with Crippen LogP contribution in [0.2, 0.25) is 0 Å². The molecule has 0 aliphatic carbocycles. The average molecular weight is 453 g/mol. The Morgan fingerprint density at radius 3 is 2.44 bits per heavy atom. The van der Waals surface area contributed by atoms with E-state index < -0.39 is 0 Å². The van der Waals surface area contributed by atoms with Crippen molar-refractivity contribution in [2.24, 2.45) is 0 Å². The molecule has 0 bridgehead atoms. The van der Waals surface area contributed by atoms with E-state index in [0.717, 1.165) is 42.5 Å². The zero-order valence-electron chi connectivity index (χ0n) is 17.4. The van der Waals surface area contributed by atoms with Crippen molar-refractivity contribution in [2.75, 3.05) is 11.6 Å². The summed E-state index contributed by atoms with van der Waals surface area (Å²) in [5.74, 6) is -0.127. The number of thioether (sulfide) groups is 1. The van der Waals surface area contributed by atoms with Gasteiger partial charge < -0.3 is 5.32 Å². The molecule has 5 rings (SSSR count). The van der Waals surface area contributed by atoms with Crippen LogP contribution in [-0.2, 0) is 0 Å². The van der Waals surface area contributed by atoms with Crippen LogP contribution >= 0.6 is 23.1 Å². The van der Waals surface area contributed by atoms with Crippen LogP contribution in [0, 0.1) is 0 Å². The number of benzene rings is 4. The van der Waals surface area contributed by atoms with E-state index in [0.29, 0.717) is 5.56 Å². The van der Waals surface area contributed by atoms with Crippen LogP contribution in [0.1, 0.15) is 10.4 Å². The molecular weight excluding hydrogens is 432 g/mol. The number of rotatable bonds is 5. The van der Waals surface area contributed by atoms with Gasteiger partial charge in [-0.3, -0.25) is 4.79 Å². The van der Waals surface area contributed by atoms with E-state index >= 15 is 0 Å². The molecule has 5 heteroatoms. The Balaban J connectivity index is 1.46. The summed E-state index contributed by atoms with van der Waals surface area (Å²) in [5, 5.41) is 4.02. The number of hydrogen-bond acceptors (Lipinski definition) is 4. The lowest BCUT2D eigenvalue weighted by Gasteiger charge is -2.12. The number of hydrogen-bond donors (Lipinski definition) is 1. The molecule has 0 radical (unpaired) electrons. The van der Waals surface area contributed by atoms with E-state index in [4.69, 9.17) is 4.98 Å². The number of para-hydroxylation sites is 1. The Hall–Kier alpha value is -3.41. The predicted octanol–water partition coefficient (Wildman–Crippen LogP) is 7.60. The Kier molecular flexibility index (Phi) is 5.75. The van der Waals surface area contributed by atoms with E-state index in [-0.39, 0.29) is 5.91 Å². The third-order valence-electron chi connectivity index (χ3n) is 5.22. The number of amides is 1. The fourth-order valence-corrected chi connectivity index (χ4v) is 5.03. The molecule has 1 heterocycles. The number of nitrogens with zero attached hydrogens (tertiary/aromatic N) is 1. The quantitative estimate of drug-likeness (QED) is 0.279. The second-order valence-electron chi connectivity index (χ2n) is 7.30. The SMILES string of the molecule is CSc1ccc(C(=O)Nc2cccc(-c3nc4ccccc4s3)c2)c(-c2ccccc2)c1. The molecule has 0 saturated carbocycles. The number of thiazole rings is 1. The summed E-state index contributed by atoms with van der Waals surface area (Å²) in [4.78, 5) is 19.1. The van der Waals surface area contributed by atoms with Crippen molar-refractivity contribution >= 4 is 44.9 Å². The summed E-state index contributed by atoms with van der Waals surface area (Å²) < 4.78 is 1.15. The van der Waals surface area contributed by atoms with Gasteiger partial charge in [-0.05, 0) is 59.8 Å². The molecule has 0 saturated heterocycles. The average Bonchev–Trinajstić information content (AvgIpc) is 3.29. The molecular formula is C27H20N2OS2. The van der Waals surface area contributed by atoms with Gasteiger partial charge in [0.2, 0.25) is 0 Å². The van der Waals surface area contributed by atoms with Crippen LogP contribution in [-0.4, -0.2) is 17.1 Å². The summed E-state index contributed by atoms with van der Waals surface area (Å²) >= 11 is 3.32. The highest BCUT2D eigenvalue weighted by molar-refractivity contribution is 7.98. The molecule has 0 unspecified atom stereocenters. The van der Waals surface area contributed by atoms with Crippen LogP contribution in [0.5, 0.6) is 0 Å². The lowest BCUT2D eigenvalue weighted by Crippen LogP contribution is -2.13. The highest BCUT2D eigenvalue weighted by atomic mass is 32.2. The number of fused-ring (bicyclic) bond motifs is 1. The normalized spacial score (nSPS) is 10.9. The molecule has 0 aliphatic heterocycles. The third kappa shape index (κ3) is 4.17. The van der Waals surface area contributed by atoms with Crippen molar-refractivity contribution in [3.8, 4) is 21.7 Å². The standard InChI is InChI=1S/C27H20N2OS2/c1-31-21-14-15-22(23(17-21)18-8-3-2-4-9-18)26(30)28-20-11-7-10-19(16-20)27-29-24-12-5-6-13-25(24)32-27/h2-17H,1H3,(H,28,30). The molecule has 4 aromatic carbocycles. The van der Waals surface area contributed by atoms with E-state index in [1.165, 1.54) is 0 Å². The minimum Gasteiger partial charge on any atom is -0.322 e. The van der Waals surface area contributed by atoms with Crippen molar-refractivity contribution in [1.29, 1.82) is 0 Å². The van der Waals surface area contributed by atoms with Crippen molar-refractivity contribution in [2.45, 2.75) is 4.90 Å². The highest BCUT2D eigenvalue weighted by Crippen LogP contribution is 2.32. The minimum atomic E-state index is -0.127. The molecule has 32 heavy (non-hydrogen) atoms. The predicted molar refractivity (Wildman–Crippen MR) is 137 cm³/mol. The Bertz CT molecular complexity index is 1380. The Morgan fingerprint density at radius 1 is 0.844 bits per heavy atom. The summed E-state index contributed by atoms with van der Waals surface area (Å²) in [6, 6.07) is 32.0. The van der Waals surface area contributed by atoms with Gasteiger partial charge in [0.25, 0.3) is 5.91 Å². The van der Waals surface area contributed by atoms with Crippen molar-refractivity contribution in [3.05, 3.63) is 103 Å². The zero-order valence-corrected chi connectivity index (χ0v) is 19.0. The van der Waals surface area contributed by atoms with Gasteiger partial charge in [0.15, 0.2) is 0 Å². The fraction of sp³-hybridized carbons (Fsp3) is 0.0370. The molecule has 1 aromatic heterocycles. The van der Waals surface area contributed by atoms with Gasteiger partial charge in [0.05, 0.1) is 10.2 Å². The van der Waals surface area contributed by atoms with E-state index in [1.807, 2.05) is 91.2 Å². The summed E-state index contributed by atoms with van der Waals surface area (Å²) in [6.07, 6.45) is 2.04. The van der Waals surface area contributed by atoms with Gasteiger partial charge >= 0.3 is 0 Å². The molecule has 1 amide bonds. The van der Waals surface area contributed by atoms with Crippen LogP contribution in [0.3, 0.4) is 0 Å². The maximum Gasteiger partial charge on any atom is 0.256 e. The Morgan fingerprint density at radius 2 is 1.62 bits per heavy atom. The van der Waals surface area contributed by atoms with Gasteiger partial charge in [0.1, 0.15) is 5.01 Å². The summed E-state index contributed by atoms with van der Waals surface area (Å²) in [6.45, 7) is 0. The second kappa shape index (κ2) is 8.99. The van der Waals surface area contributed by atoms with Crippen LogP contribution in [0.4, 0.5) is 5.69 Å². The fourth-order valence-electron chi connectivity index (χ4n) is 3.63. The number of nitrogens with one attached hydrogen (secondary N) is 1. The lowest BCUT2D eigenvalue weighted by atomic mass is 9.99. The summed E-state index contributed by atoms with van der Waals surface area (Å²) in [7, 11) is 0. The topological polar surface area (TPSA) is 42.0 Å². The first kappa shape index (κ1) is 20.5. The van der Waals surface area contributed by atoms with E-state index in [2.05, 4.69) is 17.4 Å². The van der Waals surface area contributed by atoms with Crippen molar-refractivity contribution in [1.82, 2.24) is 4.98 Å². The smallest absolute Gasteiger partial charge is 0.256 e. The van der Waals surface area contributed by atoms with Crippen LogP contribution < -0.4 is 5.32 Å². The largest absolute Gasteiger partial charge is 0.322 e. The van der Waals surface area contributed by atoms with Gasteiger partial charge in [0, 0.05) is 21.7 Å². The van der Waals surface area contributed by atoms with Crippen LogP contribution in [0.25, 0.3) is 31.9 Å². The van der Waals surface area contributed by atoms with Gasteiger partial charge in [-0.15, -0.1) is 23.1 Å². The molecule has 0 aliphatic rings. The maximum absolute atomic E-state index is 13.3. The Labute approximate surface area is 195 Å². The highest BCUT2D eigenvalue weighted by Gasteiger charge is 2.15. The first-order valence-corrected chi connectivity index (χ1v) is 12.3. The molecule has 1 N–H and O–H groups in total. The van der Waals surface area contributed by atoms with Gasteiger partial charge in [-0.25, -0.2) is 4.98 Å². The number of carbonyl (C=O) groups is 1. The van der Waals surface area contributed by atoms with Gasteiger partial charge in [-0.2, -0.15) is 0 Å². The van der Waals surface area contributed by atoms with Gasteiger partial charge in [-0.1, -0.05) is 54.6 Å². The number of anilines is 1. The number of carbonyl (C=O) groups excluding carboxylic acids is 1. The minimum absolute atomic E-state index is 0.127. The molecule has 3 nitrogen and oxygen atoms in total. The van der Waals surface area contributed by atoms with Crippen molar-refractivity contribution in [3.63, 3.8) is 0 Å². The molecule has 0 atom stereocenters. The van der Waals surface area contributed by atoms with Crippen LogP contribution in [0.15, 0.2) is 102 Å². The molecule has 156 valence electrons. The number of aromatic nitrogens is 1. The van der Waals surface area contributed by atoms with E-state index in [1.54, 1.807) is 23.1 Å². The monoisotopic (exact) mass is 452 g/mol. The maximum atomic E-state index is 13.3. The zero-order chi connectivity index (χ0) is 21.9. The lowest BCUT2D eigenvalue weighted by molar-refractivity contribution is 0.102. The first-order chi connectivity index (χ1) is 15.7. The van der Waals surface area contributed by atoms with Crippen molar-refractivity contribution < 1.29 is 4.79 Å². The molecule has 5 aromatic rings. The first-order valence-electron chi connectivity index (χ1n) is 10.2.